The second kappa shape index (κ2) is 6.33. The number of rotatable bonds is 7. The van der Waals surface area contributed by atoms with Gasteiger partial charge in [-0.1, -0.05) is 26.8 Å². The first kappa shape index (κ1) is 13.5. The van der Waals surface area contributed by atoms with Gasteiger partial charge in [0.15, 0.2) is 0 Å². The first-order valence-corrected chi connectivity index (χ1v) is 7.41. The minimum Gasteiger partial charge on any atom is -0.313 e. The molecule has 1 aliphatic carbocycles. The molecule has 1 aromatic rings. The maximum atomic E-state index is 4.59. The lowest BCUT2D eigenvalue weighted by molar-refractivity contribution is 0.440. The number of nitrogens with one attached hydrogen (secondary N) is 1. The zero-order valence-corrected chi connectivity index (χ0v) is 11.9. The van der Waals surface area contributed by atoms with Crippen LogP contribution in [0.1, 0.15) is 44.9 Å². The van der Waals surface area contributed by atoms with Gasteiger partial charge in [0.25, 0.3) is 0 Å². The van der Waals surface area contributed by atoms with E-state index in [0.29, 0.717) is 6.04 Å². The summed E-state index contributed by atoms with van der Waals surface area (Å²) < 4.78 is 0. The third-order valence-corrected chi connectivity index (χ3v) is 4.07. The van der Waals surface area contributed by atoms with Gasteiger partial charge in [-0.2, -0.15) is 0 Å². The molecule has 0 aliphatic heterocycles. The maximum Gasteiger partial charge on any atom is 0.0419 e. The summed E-state index contributed by atoms with van der Waals surface area (Å²) in [5, 5.41) is 3.70. The fourth-order valence-electron chi connectivity index (χ4n) is 2.63. The van der Waals surface area contributed by atoms with E-state index in [2.05, 4.69) is 43.2 Å². The molecule has 1 saturated carbocycles. The Morgan fingerprint density at radius 1 is 1.39 bits per heavy atom. The van der Waals surface area contributed by atoms with E-state index in [1.54, 1.807) is 0 Å². The zero-order valence-electron chi connectivity index (χ0n) is 11.9. The molecule has 2 heteroatoms. The molecule has 1 heterocycles. The fourth-order valence-corrected chi connectivity index (χ4v) is 2.63. The van der Waals surface area contributed by atoms with Crippen molar-refractivity contribution in [3.63, 3.8) is 0 Å². The highest BCUT2D eigenvalue weighted by Gasteiger charge is 2.39. The molecule has 3 atom stereocenters. The Morgan fingerprint density at radius 2 is 2.17 bits per heavy atom. The van der Waals surface area contributed by atoms with Crippen molar-refractivity contribution in [3.8, 4) is 0 Å². The Kier molecular flexibility index (Phi) is 4.76. The van der Waals surface area contributed by atoms with E-state index in [-0.39, 0.29) is 0 Å². The molecule has 1 fully saturated rings. The number of hydrogen-bond donors (Lipinski definition) is 1. The number of hydrogen-bond acceptors (Lipinski definition) is 2. The van der Waals surface area contributed by atoms with E-state index >= 15 is 0 Å². The predicted molar refractivity (Wildman–Crippen MR) is 76.7 cm³/mol. The van der Waals surface area contributed by atoms with Crippen LogP contribution >= 0.6 is 0 Å². The summed E-state index contributed by atoms with van der Waals surface area (Å²) in [4.78, 5) is 4.59. The average molecular weight is 246 g/mol. The molecular formula is C16H26N2. The Labute approximate surface area is 111 Å². The molecule has 0 radical (unpaired) electrons. The monoisotopic (exact) mass is 246 g/mol. The van der Waals surface area contributed by atoms with Crippen molar-refractivity contribution in [1.82, 2.24) is 10.3 Å². The molecule has 2 rings (SSSR count). The van der Waals surface area contributed by atoms with Crippen molar-refractivity contribution in [2.24, 2.45) is 11.8 Å². The van der Waals surface area contributed by atoms with Crippen LogP contribution in [0.15, 0.2) is 18.3 Å². The highest BCUT2D eigenvalue weighted by atomic mass is 14.9. The molecule has 0 aromatic carbocycles. The molecule has 18 heavy (non-hydrogen) atoms. The van der Waals surface area contributed by atoms with Crippen LogP contribution in [0, 0.1) is 11.8 Å². The Hall–Kier alpha value is -0.890. The van der Waals surface area contributed by atoms with Gasteiger partial charge in [-0.15, -0.1) is 0 Å². The lowest BCUT2D eigenvalue weighted by Crippen LogP contribution is -2.34. The van der Waals surface area contributed by atoms with Gasteiger partial charge >= 0.3 is 0 Å². The SMILES string of the molecule is CCCNC(Cc1ccc(CC)cn1)C1CC1C. The van der Waals surface area contributed by atoms with Crippen molar-refractivity contribution in [2.75, 3.05) is 6.54 Å². The quantitative estimate of drug-likeness (QED) is 0.799. The molecular weight excluding hydrogens is 220 g/mol. The van der Waals surface area contributed by atoms with Crippen LogP contribution in [0.4, 0.5) is 0 Å². The van der Waals surface area contributed by atoms with Gasteiger partial charge in [0, 0.05) is 24.4 Å². The van der Waals surface area contributed by atoms with E-state index in [1.165, 1.54) is 24.1 Å². The van der Waals surface area contributed by atoms with Gasteiger partial charge in [0.05, 0.1) is 0 Å². The van der Waals surface area contributed by atoms with Gasteiger partial charge in [-0.25, -0.2) is 0 Å². The van der Waals surface area contributed by atoms with E-state index < -0.39 is 0 Å². The summed E-state index contributed by atoms with van der Waals surface area (Å²) in [5.74, 6) is 1.76. The van der Waals surface area contributed by atoms with E-state index in [0.717, 1.165) is 31.2 Å². The van der Waals surface area contributed by atoms with Crippen molar-refractivity contribution >= 4 is 0 Å². The molecule has 2 nitrogen and oxygen atoms in total. The molecule has 1 aliphatic rings. The second-order valence-electron chi connectivity index (χ2n) is 5.65. The third-order valence-electron chi connectivity index (χ3n) is 4.07. The standard InChI is InChI=1S/C16H26N2/c1-4-8-17-16(15-9-12(15)3)10-14-7-6-13(5-2)11-18-14/h6-7,11-12,15-17H,4-5,8-10H2,1-3H3. The summed E-state index contributed by atoms with van der Waals surface area (Å²) in [7, 11) is 0. The van der Waals surface area contributed by atoms with Crippen molar-refractivity contribution in [2.45, 2.75) is 52.5 Å². The molecule has 0 spiro atoms. The van der Waals surface area contributed by atoms with Crippen LogP contribution in [0.2, 0.25) is 0 Å². The molecule has 1 aromatic heterocycles. The number of aryl methyl sites for hydroxylation is 1. The number of pyridine rings is 1. The first-order chi connectivity index (χ1) is 8.74. The van der Waals surface area contributed by atoms with Crippen molar-refractivity contribution in [3.05, 3.63) is 29.6 Å². The Bertz CT molecular complexity index is 358. The number of aromatic nitrogens is 1. The van der Waals surface area contributed by atoms with Crippen molar-refractivity contribution < 1.29 is 0 Å². The van der Waals surface area contributed by atoms with Gasteiger partial charge < -0.3 is 5.32 Å². The molecule has 0 bridgehead atoms. The second-order valence-corrected chi connectivity index (χ2v) is 5.65. The number of nitrogens with zero attached hydrogens (tertiary/aromatic N) is 1. The highest BCUT2D eigenvalue weighted by molar-refractivity contribution is 5.15. The predicted octanol–water partition coefficient (Wildman–Crippen LogP) is 3.21. The van der Waals surface area contributed by atoms with Crippen molar-refractivity contribution in [1.29, 1.82) is 0 Å². The largest absolute Gasteiger partial charge is 0.313 e. The first-order valence-electron chi connectivity index (χ1n) is 7.41. The van der Waals surface area contributed by atoms with Crippen LogP contribution in [-0.2, 0) is 12.8 Å². The van der Waals surface area contributed by atoms with Crippen LogP contribution in [-0.4, -0.2) is 17.6 Å². The summed E-state index contributed by atoms with van der Waals surface area (Å²) in [6, 6.07) is 5.04. The molecule has 0 saturated heterocycles. The van der Waals surface area contributed by atoms with Crippen LogP contribution in [0.25, 0.3) is 0 Å². The van der Waals surface area contributed by atoms with Crippen LogP contribution in [0.3, 0.4) is 0 Å². The molecule has 1 N–H and O–H groups in total. The summed E-state index contributed by atoms with van der Waals surface area (Å²) >= 11 is 0. The van der Waals surface area contributed by atoms with Gasteiger partial charge in [0.2, 0.25) is 0 Å². The lowest BCUT2D eigenvalue weighted by Gasteiger charge is -2.18. The molecule has 0 amide bonds. The van der Waals surface area contributed by atoms with Crippen LogP contribution < -0.4 is 5.32 Å². The Balaban J connectivity index is 1.94. The zero-order chi connectivity index (χ0) is 13.0. The smallest absolute Gasteiger partial charge is 0.0419 e. The van der Waals surface area contributed by atoms with E-state index in [4.69, 9.17) is 0 Å². The fraction of sp³-hybridized carbons (Fsp3) is 0.688. The maximum absolute atomic E-state index is 4.59. The normalized spacial score (nSPS) is 23.9. The van der Waals surface area contributed by atoms with Crippen LogP contribution in [0.5, 0.6) is 0 Å². The summed E-state index contributed by atoms with van der Waals surface area (Å²) in [6.07, 6.45) is 6.78. The highest BCUT2D eigenvalue weighted by Crippen LogP contribution is 2.41. The van der Waals surface area contributed by atoms with E-state index in [1.807, 2.05) is 6.20 Å². The summed E-state index contributed by atoms with van der Waals surface area (Å²) in [5.41, 5.74) is 2.57. The van der Waals surface area contributed by atoms with Gasteiger partial charge in [-0.05, 0) is 49.3 Å². The molecule has 3 unspecified atom stereocenters. The topological polar surface area (TPSA) is 24.9 Å². The van der Waals surface area contributed by atoms with Gasteiger partial charge in [0.1, 0.15) is 0 Å². The third kappa shape index (κ3) is 3.55. The summed E-state index contributed by atoms with van der Waals surface area (Å²) in [6.45, 7) is 7.89. The lowest BCUT2D eigenvalue weighted by atomic mass is 10.0. The Morgan fingerprint density at radius 3 is 2.67 bits per heavy atom. The average Bonchev–Trinajstić information content (AvgIpc) is 3.12. The van der Waals surface area contributed by atoms with E-state index in [9.17, 15) is 0 Å². The minimum atomic E-state index is 0.625. The minimum absolute atomic E-state index is 0.625. The molecule has 100 valence electrons. The van der Waals surface area contributed by atoms with Gasteiger partial charge in [-0.3, -0.25) is 4.98 Å².